The number of nitrogens with one attached hydrogen (secondary N) is 1. The van der Waals surface area contributed by atoms with Crippen molar-refractivity contribution in [2.24, 2.45) is 7.05 Å². The molecule has 1 N–H and O–H groups in total. The number of aryl methyl sites for hydroxylation is 1. The standard InChI is InChI=1S/C19H18N2O3.CH4/c1-13(22)15-5-6-18-16(9-15)10-17(20-18)12-24-19(23)8-14-4-3-7-21(2)11-14;/h3-7,9-11H,8,12H2,1-2H3;1H4/p+1. The van der Waals surface area contributed by atoms with Crippen LogP contribution in [0.1, 0.15) is 36.0 Å². The first kappa shape index (κ1) is 18.4. The number of carbonyl (C=O) groups is 2. The molecule has 0 amide bonds. The molecule has 0 fully saturated rings. The number of nitrogens with zero attached hydrogens (tertiary/aromatic N) is 1. The van der Waals surface area contributed by atoms with Crippen LogP contribution in [0.5, 0.6) is 0 Å². The number of hydrogen-bond acceptors (Lipinski definition) is 3. The van der Waals surface area contributed by atoms with Gasteiger partial charge in [-0.1, -0.05) is 7.43 Å². The summed E-state index contributed by atoms with van der Waals surface area (Å²) < 4.78 is 7.23. The molecule has 0 aliphatic carbocycles. The van der Waals surface area contributed by atoms with Crippen molar-refractivity contribution in [1.82, 2.24) is 4.98 Å². The number of carbonyl (C=O) groups excluding carboxylic acids is 2. The monoisotopic (exact) mass is 339 g/mol. The van der Waals surface area contributed by atoms with Crippen LogP contribution in [0.4, 0.5) is 0 Å². The van der Waals surface area contributed by atoms with Gasteiger partial charge in [0.2, 0.25) is 0 Å². The summed E-state index contributed by atoms with van der Waals surface area (Å²) in [4.78, 5) is 26.6. The Bertz CT molecular complexity index is 912. The van der Waals surface area contributed by atoms with E-state index in [-0.39, 0.29) is 32.2 Å². The lowest BCUT2D eigenvalue weighted by molar-refractivity contribution is -0.671. The van der Waals surface area contributed by atoms with Crippen LogP contribution >= 0.6 is 0 Å². The quantitative estimate of drug-likeness (QED) is 0.441. The number of benzene rings is 1. The van der Waals surface area contributed by atoms with Gasteiger partial charge >= 0.3 is 5.97 Å². The highest BCUT2D eigenvalue weighted by molar-refractivity contribution is 5.98. The largest absolute Gasteiger partial charge is 0.459 e. The Morgan fingerprint density at radius 2 is 2.00 bits per heavy atom. The summed E-state index contributed by atoms with van der Waals surface area (Å²) in [5.41, 5.74) is 3.30. The summed E-state index contributed by atoms with van der Waals surface area (Å²) in [7, 11) is 1.91. The van der Waals surface area contributed by atoms with Gasteiger partial charge in [-0.15, -0.1) is 0 Å². The van der Waals surface area contributed by atoms with Gasteiger partial charge < -0.3 is 9.72 Å². The van der Waals surface area contributed by atoms with E-state index in [0.717, 1.165) is 22.2 Å². The maximum atomic E-state index is 12.0. The molecular weight excluding hydrogens is 316 g/mol. The fraction of sp³-hybridized carbons (Fsp3) is 0.250. The van der Waals surface area contributed by atoms with E-state index in [1.165, 1.54) is 0 Å². The molecule has 0 aliphatic rings. The van der Waals surface area contributed by atoms with Crippen molar-refractivity contribution in [3.8, 4) is 0 Å². The Kier molecular flexibility index (Phi) is 5.70. The highest BCUT2D eigenvalue weighted by atomic mass is 16.5. The van der Waals surface area contributed by atoms with Gasteiger partial charge in [0.1, 0.15) is 13.7 Å². The molecule has 0 aliphatic heterocycles. The number of esters is 1. The normalized spacial score (nSPS) is 10.3. The molecule has 0 saturated heterocycles. The molecular formula is C20H23N2O3+. The van der Waals surface area contributed by atoms with E-state index in [9.17, 15) is 9.59 Å². The van der Waals surface area contributed by atoms with Gasteiger partial charge in [-0.25, -0.2) is 4.57 Å². The minimum absolute atomic E-state index is 0. The van der Waals surface area contributed by atoms with E-state index < -0.39 is 0 Å². The lowest BCUT2D eigenvalue weighted by atomic mass is 10.1. The van der Waals surface area contributed by atoms with Gasteiger partial charge in [0.15, 0.2) is 18.2 Å². The second kappa shape index (κ2) is 7.75. The molecule has 3 rings (SSSR count). The number of fused-ring (bicyclic) bond motifs is 1. The first-order chi connectivity index (χ1) is 11.5. The molecule has 5 nitrogen and oxygen atoms in total. The number of hydrogen-bond donors (Lipinski definition) is 1. The number of aromatic nitrogens is 2. The van der Waals surface area contributed by atoms with Crippen molar-refractivity contribution in [2.45, 2.75) is 27.4 Å². The second-order valence-electron chi connectivity index (χ2n) is 5.87. The van der Waals surface area contributed by atoms with Crippen molar-refractivity contribution in [2.75, 3.05) is 0 Å². The van der Waals surface area contributed by atoms with Gasteiger partial charge in [-0.05, 0) is 37.3 Å². The molecule has 0 saturated carbocycles. The zero-order valence-corrected chi connectivity index (χ0v) is 13.7. The Morgan fingerprint density at radius 3 is 2.72 bits per heavy atom. The summed E-state index contributed by atoms with van der Waals surface area (Å²) in [5, 5.41) is 0.934. The lowest BCUT2D eigenvalue weighted by Crippen LogP contribution is -2.27. The average molecular weight is 339 g/mol. The van der Waals surface area contributed by atoms with E-state index >= 15 is 0 Å². The SMILES string of the molecule is C.CC(=O)c1ccc2[nH]c(COC(=O)Cc3ccc[n+](C)c3)cc2c1. The average Bonchev–Trinajstić information content (AvgIpc) is 2.95. The molecule has 25 heavy (non-hydrogen) atoms. The first-order valence-corrected chi connectivity index (χ1v) is 7.73. The van der Waals surface area contributed by atoms with Gasteiger partial charge in [-0.3, -0.25) is 9.59 Å². The van der Waals surface area contributed by atoms with Crippen molar-refractivity contribution >= 4 is 22.7 Å². The van der Waals surface area contributed by atoms with Gasteiger partial charge in [-0.2, -0.15) is 0 Å². The van der Waals surface area contributed by atoms with Crippen LogP contribution in [0.3, 0.4) is 0 Å². The van der Waals surface area contributed by atoms with E-state index in [4.69, 9.17) is 4.74 Å². The zero-order chi connectivity index (χ0) is 17.1. The predicted octanol–water partition coefficient (Wildman–Crippen LogP) is 3.12. The first-order valence-electron chi connectivity index (χ1n) is 7.73. The zero-order valence-electron chi connectivity index (χ0n) is 13.7. The fourth-order valence-electron chi connectivity index (χ4n) is 2.62. The van der Waals surface area contributed by atoms with Crippen molar-refractivity contribution in [3.05, 3.63) is 65.6 Å². The third-order valence-electron chi connectivity index (χ3n) is 3.82. The van der Waals surface area contributed by atoms with Crippen LogP contribution in [0, 0.1) is 0 Å². The van der Waals surface area contributed by atoms with Crippen LogP contribution in [0.2, 0.25) is 0 Å². The maximum Gasteiger partial charge on any atom is 0.310 e. The molecule has 2 heterocycles. The summed E-state index contributed by atoms with van der Waals surface area (Å²) in [6, 6.07) is 11.2. The topological polar surface area (TPSA) is 63.0 Å². The molecule has 1 aromatic carbocycles. The molecule has 0 atom stereocenters. The fourth-order valence-corrected chi connectivity index (χ4v) is 2.62. The lowest BCUT2D eigenvalue weighted by Gasteiger charge is -2.02. The molecule has 130 valence electrons. The molecule has 0 radical (unpaired) electrons. The smallest absolute Gasteiger partial charge is 0.310 e. The summed E-state index contributed by atoms with van der Waals surface area (Å²) >= 11 is 0. The molecule has 3 aromatic rings. The Labute approximate surface area is 147 Å². The number of aromatic amines is 1. The third kappa shape index (κ3) is 4.53. The number of Topliss-reactive ketones (excluding diaryl/α,β-unsaturated/α-hetero) is 1. The van der Waals surface area contributed by atoms with Crippen molar-refractivity contribution in [3.63, 3.8) is 0 Å². The minimum Gasteiger partial charge on any atom is -0.459 e. The molecule has 0 unspecified atom stereocenters. The number of H-pyrrole nitrogens is 1. The number of pyridine rings is 1. The number of ether oxygens (including phenoxy) is 1. The van der Waals surface area contributed by atoms with Gasteiger partial charge in [0.25, 0.3) is 0 Å². The van der Waals surface area contributed by atoms with Crippen LogP contribution in [-0.2, 0) is 29.6 Å². The van der Waals surface area contributed by atoms with Gasteiger partial charge in [0.05, 0.1) is 12.1 Å². The molecule has 0 spiro atoms. The van der Waals surface area contributed by atoms with Crippen LogP contribution in [0.15, 0.2) is 48.8 Å². The van der Waals surface area contributed by atoms with Crippen LogP contribution < -0.4 is 4.57 Å². The third-order valence-corrected chi connectivity index (χ3v) is 3.82. The Morgan fingerprint density at radius 1 is 1.20 bits per heavy atom. The van der Waals surface area contributed by atoms with E-state index in [0.29, 0.717) is 5.56 Å². The van der Waals surface area contributed by atoms with E-state index in [1.807, 2.05) is 54.3 Å². The highest BCUT2D eigenvalue weighted by Crippen LogP contribution is 2.18. The van der Waals surface area contributed by atoms with Crippen LogP contribution in [-0.4, -0.2) is 16.7 Å². The Hall–Kier alpha value is -2.95. The second-order valence-corrected chi connectivity index (χ2v) is 5.87. The van der Waals surface area contributed by atoms with Crippen LogP contribution in [0.25, 0.3) is 10.9 Å². The summed E-state index contributed by atoms with van der Waals surface area (Å²) in [6.45, 7) is 1.72. The Balaban J connectivity index is 0.00000225. The molecule has 5 heteroatoms. The van der Waals surface area contributed by atoms with Gasteiger partial charge in [0, 0.05) is 28.1 Å². The van der Waals surface area contributed by atoms with E-state index in [1.54, 1.807) is 13.0 Å². The van der Waals surface area contributed by atoms with Crippen molar-refractivity contribution < 1.29 is 18.9 Å². The highest BCUT2D eigenvalue weighted by Gasteiger charge is 2.10. The summed E-state index contributed by atoms with van der Waals surface area (Å²) in [6.07, 6.45) is 4.05. The number of rotatable bonds is 5. The number of ketones is 1. The minimum atomic E-state index is -0.274. The molecule has 2 aromatic heterocycles. The van der Waals surface area contributed by atoms with E-state index in [2.05, 4.69) is 4.98 Å². The maximum absolute atomic E-state index is 12.0. The van der Waals surface area contributed by atoms with Crippen molar-refractivity contribution in [1.29, 1.82) is 0 Å². The predicted molar refractivity (Wildman–Crippen MR) is 96.2 cm³/mol. The summed E-state index contributed by atoms with van der Waals surface area (Å²) in [5.74, 6) is -0.244. The molecule has 0 bridgehead atoms.